The van der Waals surface area contributed by atoms with Crippen LogP contribution in [0.1, 0.15) is 63.9 Å². The smallest absolute Gasteiger partial charge is 0.303 e. The van der Waals surface area contributed by atoms with Crippen LogP contribution >= 0.6 is 39.9 Å². The Labute approximate surface area is 206 Å². The Bertz CT molecular complexity index is 963. The van der Waals surface area contributed by atoms with Gasteiger partial charge in [-0.3, -0.25) is 19.3 Å². The lowest BCUT2D eigenvalue weighted by Crippen LogP contribution is -2.30. The second-order valence-electron chi connectivity index (χ2n) is 7.91. The van der Waals surface area contributed by atoms with Crippen LogP contribution in [0.4, 0.5) is 5.69 Å². The standard InChI is InChI=1S/C23H27BrN2O4S2/c1-2-3-4-7-12-25-17-11-10-15(24)14-16(17)19(21(25)29)20-22(30)26(23(31)32-20)13-8-5-6-9-18(27)28/h10-11,14H,2-9,12-13H2,1H3,(H,27,28). The number of hydrogen-bond acceptors (Lipinski definition) is 5. The third-order valence-electron chi connectivity index (χ3n) is 5.56. The summed E-state index contributed by atoms with van der Waals surface area (Å²) in [6.07, 6.45) is 6.30. The first-order chi connectivity index (χ1) is 15.3. The Morgan fingerprint density at radius 1 is 1.03 bits per heavy atom. The zero-order valence-corrected chi connectivity index (χ0v) is 21.3. The third-order valence-corrected chi connectivity index (χ3v) is 7.50. The van der Waals surface area contributed by atoms with Crippen LogP contribution in [0.15, 0.2) is 27.6 Å². The highest BCUT2D eigenvalue weighted by Gasteiger charge is 2.41. The third kappa shape index (κ3) is 5.61. The van der Waals surface area contributed by atoms with Gasteiger partial charge >= 0.3 is 5.97 Å². The van der Waals surface area contributed by atoms with Crippen LogP contribution < -0.4 is 4.90 Å². The number of hydrogen-bond donors (Lipinski definition) is 1. The lowest BCUT2D eigenvalue weighted by Gasteiger charge is -2.17. The van der Waals surface area contributed by atoms with Crippen LogP contribution in [0.3, 0.4) is 0 Å². The molecule has 2 aliphatic rings. The normalized spacial score (nSPS) is 18.1. The van der Waals surface area contributed by atoms with Crippen LogP contribution in [0, 0.1) is 0 Å². The number of carboxylic acid groups (broad SMARTS) is 1. The van der Waals surface area contributed by atoms with Crippen molar-refractivity contribution in [2.24, 2.45) is 0 Å². The van der Waals surface area contributed by atoms with E-state index in [0.717, 1.165) is 41.4 Å². The van der Waals surface area contributed by atoms with Gasteiger partial charge in [-0.1, -0.05) is 72.5 Å². The van der Waals surface area contributed by atoms with Crippen LogP contribution in [0.2, 0.25) is 0 Å². The van der Waals surface area contributed by atoms with Gasteiger partial charge in [0, 0.05) is 29.5 Å². The molecule has 0 atom stereocenters. The molecule has 32 heavy (non-hydrogen) atoms. The Morgan fingerprint density at radius 3 is 2.41 bits per heavy atom. The minimum absolute atomic E-state index is 0.122. The minimum Gasteiger partial charge on any atom is -0.481 e. The highest BCUT2D eigenvalue weighted by atomic mass is 79.9. The van der Waals surface area contributed by atoms with Gasteiger partial charge in [-0.2, -0.15) is 0 Å². The molecule has 0 saturated carbocycles. The van der Waals surface area contributed by atoms with Gasteiger partial charge in [-0.25, -0.2) is 0 Å². The van der Waals surface area contributed by atoms with E-state index in [1.54, 1.807) is 4.90 Å². The van der Waals surface area contributed by atoms with E-state index in [1.165, 1.54) is 16.7 Å². The Balaban J connectivity index is 1.80. The van der Waals surface area contributed by atoms with Crippen molar-refractivity contribution in [1.82, 2.24) is 4.90 Å². The Morgan fingerprint density at radius 2 is 1.72 bits per heavy atom. The van der Waals surface area contributed by atoms with Gasteiger partial charge in [0.15, 0.2) is 0 Å². The number of fused-ring (bicyclic) bond motifs is 1. The van der Waals surface area contributed by atoms with E-state index in [4.69, 9.17) is 17.3 Å². The summed E-state index contributed by atoms with van der Waals surface area (Å²) in [5.74, 6) is -1.19. The predicted octanol–water partition coefficient (Wildman–Crippen LogP) is 5.59. The van der Waals surface area contributed by atoms with Crippen molar-refractivity contribution in [3.05, 3.63) is 33.1 Å². The Hall–Kier alpha value is -1.71. The summed E-state index contributed by atoms with van der Waals surface area (Å²) in [4.78, 5) is 41.0. The zero-order valence-electron chi connectivity index (χ0n) is 18.1. The number of anilines is 1. The van der Waals surface area contributed by atoms with Gasteiger partial charge in [0.05, 0.1) is 16.2 Å². The number of thioether (sulfide) groups is 1. The molecule has 2 aliphatic heterocycles. The largest absolute Gasteiger partial charge is 0.481 e. The van der Waals surface area contributed by atoms with Gasteiger partial charge in [0.1, 0.15) is 4.32 Å². The number of carboxylic acids is 1. The van der Waals surface area contributed by atoms with Crippen LogP contribution in [-0.4, -0.2) is 45.2 Å². The topological polar surface area (TPSA) is 77.9 Å². The fraction of sp³-hybridized carbons (Fsp3) is 0.478. The molecule has 2 amide bonds. The number of benzene rings is 1. The summed E-state index contributed by atoms with van der Waals surface area (Å²) in [7, 11) is 0. The van der Waals surface area contributed by atoms with E-state index < -0.39 is 5.97 Å². The molecule has 0 radical (unpaired) electrons. The number of rotatable bonds is 11. The van der Waals surface area contributed by atoms with Crippen molar-refractivity contribution in [3.8, 4) is 0 Å². The minimum atomic E-state index is -0.816. The summed E-state index contributed by atoms with van der Waals surface area (Å²) in [6, 6.07) is 5.73. The van der Waals surface area contributed by atoms with Gasteiger partial charge in [-0.05, 0) is 37.5 Å². The molecule has 1 fully saturated rings. The van der Waals surface area contributed by atoms with Crippen molar-refractivity contribution in [2.45, 2.75) is 58.3 Å². The first kappa shape index (κ1) is 24.9. The maximum absolute atomic E-state index is 13.4. The van der Waals surface area contributed by atoms with E-state index in [0.29, 0.717) is 47.2 Å². The van der Waals surface area contributed by atoms with Crippen molar-refractivity contribution >= 4 is 73.3 Å². The molecule has 3 rings (SSSR count). The molecule has 2 heterocycles. The molecule has 1 N–H and O–H groups in total. The zero-order chi connectivity index (χ0) is 23.3. The average molecular weight is 540 g/mol. The molecule has 0 unspecified atom stereocenters. The Kier molecular flexibility index (Phi) is 8.90. The second-order valence-corrected chi connectivity index (χ2v) is 10.5. The molecule has 1 aromatic carbocycles. The van der Waals surface area contributed by atoms with Crippen LogP contribution in [-0.2, 0) is 14.4 Å². The fourth-order valence-corrected chi connectivity index (χ4v) is 5.65. The number of carbonyl (C=O) groups excluding carboxylic acids is 2. The number of amides is 2. The average Bonchev–Trinajstić information content (AvgIpc) is 3.17. The summed E-state index contributed by atoms with van der Waals surface area (Å²) < 4.78 is 1.30. The van der Waals surface area contributed by atoms with Gasteiger partial charge in [0.25, 0.3) is 11.8 Å². The first-order valence-corrected chi connectivity index (χ1v) is 13.0. The van der Waals surface area contributed by atoms with Crippen molar-refractivity contribution in [3.63, 3.8) is 0 Å². The first-order valence-electron chi connectivity index (χ1n) is 11.0. The van der Waals surface area contributed by atoms with E-state index in [-0.39, 0.29) is 18.2 Å². The van der Waals surface area contributed by atoms with Crippen LogP contribution in [0.5, 0.6) is 0 Å². The maximum atomic E-state index is 13.4. The lowest BCUT2D eigenvalue weighted by molar-refractivity contribution is -0.137. The molecule has 6 nitrogen and oxygen atoms in total. The molecule has 9 heteroatoms. The molecule has 0 aromatic heterocycles. The monoisotopic (exact) mass is 538 g/mol. The molecular formula is C23H27BrN2O4S2. The number of nitrogens with zero attached hydrogens (tertiary/aromatic N) is 2. The molecule has 172 valence electrons. The molecule has 0 bridgehead atoms. The van der Waals surface area contributed by atoms with Crippen molar-refractivity contribution in [1.29, 1.82) is 0 Å². The second kappa shape index (κ2) is 11.4. The lowest BCUT2D eigenvalue weighted by atomic mass is 10.1. The van der Waals surface area contributed by atoms with Crippen molar-refractivity contribution < 1.29 is 19.5 Å². The van der Waals surface area contributed by atoms with Gasteiger partial charge < -0.3 is 10.0 Å². The van der Waals surface area contributed by atoms with Crippen LogP contribution in [0.25, 0.3) is 5.57 Å². The quantitative estimate of drug-likeness (QED) is 0.224. The number of thiocarbonyl (C=S) groups is 1. The SMILES string of the molecule is CCCCCCN1C(=O)C(=C2SC(=S)N(CCCCCC(=O)O)C2=O)c2cc(Br)ccc21. The van der Waals surface area contributed by atoms with E-state index >= 15 is 0 Å². The number of carbonyl (C=O) groups is 3. The number of halogens is 1. The van der Waals surface area contributed by atoms with Gasteiger partial charge in [0.2, 0.25) is 0 Å². The molecular weight excluding hydrogens is 512 g/mol. The predicted molar refractivity (Wildman–Crippen MR) is 136 cm³/mol. The summed E-state index contributed by atoms with van der Waals surface area (Å²) in [5.41, 5.74) is 2.04. The summed E-state index contributed by atoms with van der Waals surface area (Å²) in [5, 5.41) is 8.76. The summed E-state index contributed by atoms with van der Waals surface area (Å²) in [6.45, 7) is 3.21. The maximum Gasteiger partial charge on any atom is 0.303 e. The molecule has 1 aromatic rings. The van der Waals surface area contributed by atoms with E-state index in [9.17, 15) is 14.4 Å². The van der Waals surface area contributed by atoms with E-state index in [1.807, 2.05) is 18.2 Å². The van der Waals surface area contributed by atoms with E-state index in [2.05, 4.69) is 22.9 Å². The highest BCUT2D eigenvalue weighted by Crippen LogP contribution is 2.45. The molecule has 0 spiro atoms. The van der Waals surface area contributed by atoms with Crippen molar-refractivity contribution in [2.75, 3.05) is 18.0 Å². The fourth-order valence-electron chi connectivity index (χ4n) is 3.91. The van der Waals surface area contributed by atoms with Gasteiger partial charge in [-0.15, -0.1) is 0 Å². The number of unbranched alkanes of at least 4 members (excludes halogenated alkanes) is 5. The number of aliphatic carboxylic acids is 1. The molecule has 1 saturated heterocycles. The molecule has 0 aliphatic carbocycles. The summed E-state index contributed by atoms with van der Waals surface area (Å²) >= 11 is 10.1. The highest BCUT2D eigenvalue weighted by molar-refractivity contribution is 9.10.